The van der Waals surface area contributed by atoms with Gasteiger partial charge in [-0.15, -0.1) is 0 Å². The molecule has 0 amide bonds. The molecule has 10 aromatic rings. The van der Waals surface area contributed by atoms with Gasteiger partial charge in [0.2, 0.25) is 0 Å². The Hall–Kier alpha value is -7.20. The van der Waals surface area contributed by atoms with Crippen molar-refractivity contribution in [3.05, 3.63) is 241 Å². The fourth-order valence-corrected chi connectivity index (χ4v) is 6.69. The van der Waals surface area contributed by atoms with Crippen molar-refractivity contribution >= 4 is 0 Å². The van der Waals surface area contributed by atoms with E-state index < -0.39 is 0 Å². The Kier molecular flexibility index (Phi) is 14.8. The minimum Gasteiger partial charge on any atom is -0.469 e. The molecule has 0 aliphatic rings. The summed E-state index contributed by atoms with van der Waals surface area (Å²) >= 11 is 0. The molecule has 0 spiro atoms. The lowest BCUT2D eigenvalue weighted by Crippen LogP contribution is -2.19. The highest BCUT2D eigenvalue weighted by Crippen LogP contribution is 2.38. The summed E-state index contributed by atoms with van der Waals surface area (Å²) in [5.74, 6) is 10.9. The smallest absolute Gasteiger partial charge is 0.117 e. The molecule has 10 nitrogen and oxygen atoms in total. The van der Waals surface area contributed by atoms with Crippen LogP contribution in [0.5, 0.6) is 0 Å². The molecular weight excluding hydrogens is 797 g/mol. The van der Waals surface area contributed by atoms with Crippen molar-refractivity contribution in [2.75, 3.05) is 0 Å². The summed E-state index contributed by atoms with van der Waals surface area (Å²) in [7, 11) is 0. The van der Waals surface area contributed by atoms with Crippen LogP contribution in [0.1, 0.15) is 118 Å². The van der Waals surface area contributed by atoms with Crippen molar-refractivity contribution in [1.82, 2.24) is 0 Å². The number of furan rings is 10. The van der Waals surface area contributed by atoms with Crippen LogP contribution < -0.4 is 0 Å². The summed E-state index contributed by atoms with van der Waals surface area (Å²) in [4.78, 5) is 0. The monoisotopic (exact) mass is 852 g/mol. The first-order valence-corrected chi connectivity index (χ1v) is 20.4. The van der Waals surface area contributed by atoms with Gasteiger partial charge in [0, 0.05) is 0 Å². The molecular formula is C53H56O10. The first-order chi connectivity index (χ1) is 30.0. The van der Waals surface area contributed by atoms with E-state index >= 15 is 0 Å². The number of hydrogen-bond donors (Lipinski definition) is 0. The van der Waals surface area contributed by atoms with Gasteiger partial charge in [0.05, 0.1) is 85.6 Å². The summed E-state index contributed by atoms with van der Waals surface area (Å²) in [6.07, 6.45) is 15.5. The van der Waals surface area contributed by atoms with E-state index in [0.717, 1.165) is 75.5 Å². The summed E-state index contributed by atoms with van der Waals surface area (Å²) in [6, 6.07) is 38.7. The van der Waals surface area contributed by atoms with Crippen molar-refractivity contribution < 1.29 is 44.2 Å². The van der Waals surface area contributed by atoms with Crippen LogP contribution >= 0.6 is 0 Å². The van der Waals surface area contributed by atoms with Gasteiger partial charge >= 0.3 is 0 Å². The molecule has 328 valence electrons. The molecule has 0 aromatic carbocycles. The second-order valence-electron chi connectivity index (χ2n) is 16.2. The van der Waals surface area contributed by atoms with E-state index in [-0.39, 0.29) is 23.7 Å². The van der Waals surface area contributed by atoms with Gasteiger partial charge in [-0.3, -0.25) is 0 Å². The van der Waals surface area contributed by atoms with Gasteiger partial charge < -0.3 is 44.2 Å². The summed E-state index contributed by atoms with van der Waals surface area (Å²) < 4.78 is 54.5. The third-order valence-electron chi connectivity index (χ3n) is 10.5. The van der Waals surface area contributed by atoms with E-state index in [1.54, 1.807) is 50.1 Å². The topological polar surface area (TPSA) is 131 Å². The van der Waals surface area contributed by atoms with Gasteiger partial charge in [-0.05, 0) is 163 Å². The maximum absolute atomic E-state index is 6.14. The van der Waals surface area contributed by atoms with Crippen molar-refractivity contribution in [2.45, 2.75) is 84.5 Å². The Morgan fingerprint density at radius 2 is 0.524 bits per heavy atom. The second-order valence-corrected chi connectivity index (χ2v) is 16.2. The minimum atomic E-state index is -0.305. The van der Waals surface area contributed by atoms with Crippen LogP contribution in [-0.2, 0) is 35.5 Å². The zero-order valence-electron chi connectivity index (χ0n) is 35.9. The van der Waals surface area contributed by atoms with Crippen LogP contribution in [-0.4, -0.2) is 0 Å². The average Bonchev–Trinajstić information content (AvgIpc) is 4.12. The molecule has 0 bridgehead atoms. The Balaban J connectivity index is 0.000000143. The van der Waals surface area contributed by atoms with E-state index in [4.69, 9.17) is 44.2 Å². The highest BCUT2D eigenvalue weighted by Gasteiger charge is 2.34. The van der Waals surface area contributed by atoms with Crippen LogP contribution in [0.4, 0.5) is 0 Å². The van der Waals surface area contributed by atoms with E-state index in [0.29, 0.717) is 12.8 Å². The lowest BCUT2D eigenvalue weighted by molar-refractivity contribution is 0.314. The van der Waals surface area contributed by atoms with Crippen LogP contribution in [0.15, 0.2) is 216 Å². The van der Waals surface area contributed by atoms with E-state index in [1.165, 1.54) is 0 Å². The fourth-order valence-electron chi connectivity index (χ4n) is 6.69. The second kappa shape index (κ2) is 20.6. The normalized spacial score (nSPS) is 11.4. The van der Waals surface area contributed by atoms with Crippen LogP contribution in [0.3, 0.4) is 0 Å². The average molecular weight is 853 g/mol. The quantitative estimate of drug-likeness (QED) is 0.117. The molecule has 0 aliphatic carbocycles. The van der Waals surface area contributed by atoms with E-state index in [9.17, 15) is 0 Å². The lowest BCUT2D eigenvalue weighted by Gasteiger charge is -2.22. The van der Waals surface area contributed by atoms with E-state index in [1.807, 2.05) is 121 Å². The maximum Gasteiger partial charge on any atom is 0.117 e. The Bertz CT molecular complexity index is 2460. The van der Waals surface area contributed by atoms with Gasteiger partial charge in [-0.25, -0.2) is 0 Å². The van der Waals surface area contributed by atoms with Crippen molar-refractivity contribution in [3.8, 4) is 0 Å². The van der Waals surface area contributed by atoms with Gasteiger partial charge in [-0.1, -0.05) is 7.43 Å². The lowest BCUT2D eigenvalue weighted by atomic mass is 9.87. The largest absolute Gasteiger partial charge is 0.469 e. The molecule has 0 N–H and O–H groups in total. The molecule has 0 saturated carbocycles. The summed E-state index contributed by atoms with van der Waals surface area (Å²) in [5.41, 5.74) is -0.797. The Morgan fingerprint density at radius 1 is 0.270 bits per heavy atom. The third-order valence-corrected chi connectivity index (χ3v) is 10.5. The third kappa shape index (κ3) is 11.6. The Morgan fingerprint density at radius 3 is 0.778 bits per heavy atom. The molecule has 0 saturated heterocycles. The first kappa shape index (κ1) is 45.3. The van der Waals surface area contributed by atoms with Gasteiger partial charge in [-0.2, -0.15) is 0 Å². The molecule has 0 aliphatic heterocycles. The molecule has 10 rings (SSSR count). The van der Waals surface area contributed by atoms with Gasteiger partial charge in [0.25, 0.3) is 0 Å². The standard InChI is InChI=1S/C18H20O3.C14H12O3.C11H12O2.C9H8O2.CH4/c1-17(2,13-7-5-11-19-13)15-9-10-16(21-15)18(3,4)14-8-6-12-20-14;1-3-11(15-7-1)9-13-5-6-14(17-13)10-12-4-2-8-16-12;1-11(2,9-5-3-7-12-9)10-6-4-8-13-10;1-3-8(10-5-1)7-9-4-2-6-11-9;/h5-12H,1-4H3;1-8H,9-10H2;3-8H,1-2H3;1-6H,7H2;1H4. The maximum atomic E-state index is 6.14. The molecule has 10 heteroatoms. The van der Waals surface area contributed by atoms with E-state index in [2.05, 4.69) is 41.5 Å². The number of rotatable bonds is 12. The predicted octanol–water partition coefficient (Wildman–Crippen LogP) is 15.1. The van der Waals surface area contributed by atoms with Gasteiger partial charge in [0.15, 0.2) is 0 Å². The van der Waals surface area contributed by atoms with Gasteiger partial charge in [0.1, 0.15) is 69.1 Å². The van der Waals surface area contributed by atoms with Crippen molar-refractivity contribution in [1.29, 1.82) is 0 Å². The molecule has 0 radical (unpaired) electrons. The summed E-state index contributed by atoms with van der Waals surface area (Å²) in [6.45, 7) is 12.5. The SMILES string of the molecule is C.CC(C)(c1ccco1)c1ccc(C(C)(C)c2ccco2)o1.CC(C)(c1ccco1)c1ccco1.c1coc(Cc2ccc(Cc3ccco3)o2)c1.c1coc(Cc2ccco2)c1. The molecule has 0 atom stereocenters. The molecule has 63 heavy (non-hydrogen) atoms. The Labute approximate surface area is 368 Å². The van der Waals surface area contributed by atoms with Crippen LogP contribution in [0, 0.1) is 0 Å². The fraction of sp³-hybridized carbons (Fsp3) is 0.245. The zero-order chi connectivity index (χ0) is 43.4. The van der Waals surface area contributed by atoms with Crippen molar-refractivity contribution in [2.24, 2.45) is 0 Å². The van der Waals surface area contributed by atoms with Crippen LogP contribution in [0.25, 0.3) is 0 Å². The molecule has 0 unspecified atom stereocenters. The highest BCUT2D eigenvalue weighted by molar-refractivity contribution is 5.32. The highest BCUT2D eigenvalue weighted by atomic mass is 16.4. The molecule has 10 aromatic heterocycles. The molecule has 10 heterocycles. The first-order valence-electron chi connectivity index (χ1n) is 20.4. The predicted molar refractivity (Wildman–Crippen MR) is 239 cm³/mol. The summed E-state index contributed by atoms with van der Waals surface area (Å²) in [5, 5.41) is 0. The molecule has 0 fully saturated rings. The minimum absolute atomic E-state index is 0. The van der Waals surface area contributed by atoms with Crippen LogP contribution in [0.2, 0.25) is 0 Å². The zero-order valence-corrected chi connectivity index (χ0v) is 35.9. The number of hydrogen-bond acceptors (Lipinski definition) is 10. The van der Waals surface area contributed by atoms with Crippen molar-refractivity contribution in [3.63, 3.8) is 0 Å².